The molecule has 0 aliphatic heterocycles. The van der Waals surface area contributed by atoms with Crippen molar-refractivity contribution in [2.24, 2.45) is 4.99 Å². The highest BCUT2D eigenvalue weighted by molar-refractivity contribution is 5.94. The summed E-state index contributed by atoms with van der Waals surface area (Å²) in [5.74, 6) is 1.94. The Morgan fingerprint density at radius 1 is 0.964 bits per heavy atom. The summed E-state index contributed by atoms with van der Waals surface area (Å²) in [6, 6.07) is 13.3. The minimum absolute atomic E-state index is 0.0845. The van der Waals surface area contributed by atoms with Crippen LogP contribution in [0.4, 0.5) is 0 Å². The van der Waals surface area contributed by atoms with Crippen LogP contribution in [0.3, 0.4) is 0 Å². The predicted molar refractivity (Wildman–Crippen MR) is 111 cm³/mol. The van der Waals surface area contributed by atoms with Crippen molar-refractivity contribution < 1.29 is 14.3 Å². The van der Waals surface area contributed by atoms with E-state index in [4.69, 9.17) is 9.47 Å². The molecule has 0 spiro atoms. The second kappa shape index (κ2) is 10.8. The van der Waals surface area contributed by atoms with E-state index >= 15 is 0 Å². The van der Waals surface area contributed by atoms with Crippen LogP contribution in [0, 0.1) is 6.92 Å². The first-order chi connectivity index (χ1) is 13.6. The number of methoxy groups -OCH3 is 2. The second-order valence-corrected chi connectivity index (χ2v) is 6.17. The van der Waals surface area contributed by atoms with Crippen LogP contribution in [-0.2, 0) is 6.54 Å². The Kier molecular flexibility index (Phi) is 8.14. The van der Waals surface area contributed by atoms with E-state index in [1.165, 1.54) is 0 Å². The minimum atomic E-state index is -0.0845. The molecule has 150 valence electrons. The zero-order valence-corrected chi connectivity index (χ0v) is 16.8. The van der Waals surface area contributed by atoms with Gasteiger partial charge < -0.3 is 25.4 Å². The van der Waals surface area contributed by atoms with Crippen LogP contribution in [0.2, 0.25) is 0 Å². The lowest BCUT2D eigenvalue weighted by atomic mass is 10.1. The average molecular weight is 384 g/mol. The fourth-order valence-electron chi connectivity index (χ4n) is 2.64. The molecule has 0 radical (unpaired) electrons. The van der Waals surface area contributed by atoms with Crippen molar-refractivity contribution in [3.63, 3.8) is 0 Å². The molecule has 0 fully saturated rings. The van der Waals surface area contributed by atoms with E-state index in [-0.39, 0.29) is 5.91 Å². The van der Waals surface area contributed by atoms with E-state index in [0.29, 0.717) is 42.7 Å². The molecule has 0 unspecified atom stereocenters. The summed E-state index contributed by atoms with van der Waals surface area (Å²) in [7, 11) is 4.93. The molecule has 0 bridgehead atoms. The third-order valence-corrected chi connectivity index (χ3v) is 4.11. The Balaban J connectivity index is 1.76. The lowest BCUT2D eigenvalue weighted by Crippen LogP contribution is -2.41. The van der Waals surface area contributed by atoms with Crippen molar-refractivity contribution in [2.75, 3.05) is 34.4 Å². The third-order valence-electron chi connectivity index (χ3n) is 4.11. The number of nitrogens with zero attached hydrogens (tertiary/aromatic N) is 1. The largest absolute Gasteiger partial charge is 0.493 e. The normalized spacial score (nSPS) is 10.9. The van der Waals surface area contributed by atoms with Gasteiger partial charge in [-0.25, -0.2) is 0 Å². The van der Waals surface area contributed by atoms with Gasteiger partial charge >= 0.3 is 0 Å². The Labute approximate surface area is 166 Å². The van der Waals surface area contributed by atoms with Gasteiger partial charge in [-0.2, -0.15) is 0 Å². The Morgan fingerprint density at radius 2 is 1.71 bits per heavy atom. The van der Waals surface area contributed by atoms with Crippen LogP contribution in [0.25, 0.3) is 0 Å². The summed E-state index contributed by atoms with van der Waals surface area (Å²) in [5.41, 5.74) is 2.76. The number of ether oxygens (including phenoxy) is 2. The van der Waals surface area contributed by atoms with Crippen molar-refractivity contribution in [3.8, 4) is 11.5 Å². The Hall–Kier alpha value is -3.22. The number of hydrogen-bond acceptors (Lipinski definition) is 4. The first kappa shape index (κ1) is 21.1. The van der Waals surface area contributed by atoms with Gasteiger partial charge in [-0.15, -0.1) is 0 Å². The molecular weight excluding hydrogens is 356 g/mol. The van der Waals surface area contributed by atoms with Gasteiger partial charge in [0.05, 0.1) is 14.2 Å². The first-order valence-electron chi connectivity index (χ1n) is 9.07. The van der Waals surface area contributed by atoms with E-state index in [9.17, 15) is 4.79 Å². The SMILES string of the molecule is CN=C(NCCNC(=O)c1cccc(C)c1)NCc1ccc(OC)c(OC)c1. The molecule has 0 saturated carbocycles. The van der Waals surface area contributed by atoms with Crippen molar-refractivity contribution in [1.82, 2.24) is 16.0 Å². The summed E-state index contributed by atoms with van der Waals surface area (Å²) in [6.07, 6.45) is 0. The highest BCUT2D eigenvalue weighted by atomic mass is 16.5. The van der Waals surface area contributed by atoms with Crippen molar-refractivity contribution in [1.29, 1.82) is 0 Å². The average Bonchev–Trinajstić information content (AvgIpc) is 2.72. The Bertz CT molecular complexity index is 821. The molecule has 7 nitrogen and oxygen atoms in total. The van der Waals surface area contributed by atoms with Crippen LogP contribution in [-0.4, -0.2) is 46.2 Å². The number of carbonyl (C=O) groups excluding carboxylic acids is 1. The van der Waals surface area contributed by atoms with E-state index in [1.54, 1.807) is 27.3 Å². The maximum Gasteiger partial charge on any atom is 0.251 e. The Morgan fingerprint density at radius 3 is 2.39 bits per heavy atom. The number of carbonyl (C=O) groups is 1. The molecule has 0 atom stereocenters. The number of rotatable bonds is 8. The molecule has 2 aromatic rings. The summed E-state index contributed by atoms with van der Waals surface area (Å²) < 4.78 is 10.6. The monoisotopic (exact) mass is 384 g/mol. The highest BCUT2D eigenvalue weighted by Gasteiger charge is 2.06. The molecule has 28 heavy (non-hydrogen) atoms. The molecule has 3 N–H and O–H groups in total. The molecular formula is C21H28N4O3. The maximum atomic E-state index is 12.1. The summed E-state index contributed by atoms with van der Waals surface area (Å²) in [6.45, 7) is 3.59. The van der Waals surface area contributed by atoms with Gasteiger partial charge in [0.2, 0.25) is 0 Å². The summed E-state index contributed by atoms with van der Waals surface area (Å²) in [5, 5.41) is 9.30. The number of guanidine groups is 1. The fraction of sp³-hybridized carbons (Fsp3) is 0.333. The molecule has 0 heterocycles. The number of aliphatic imine (C=N–C) groups is 1. The van der Waals surface area contributed by atoms with Crippen molar-refractivity contribution in [2.45, 2.75) is 13.5 Å². The molecule has 0 saturated heterocycles. The standard InChI is InChI=1S/C21H28N4O3/c1-15-6-5-7-17(12-15)20(26)23-10-11-24-21(22-2)25-14-16-8-9-18(27-3)19(13-16)28-4/h5-9,12-13H,10-11,14H2,1-4H3,(H,23,26)(H2,22,24,25). The molecule has 7 heteroatoms. The van der Waals surface area contributed by atoms with E-state index in [1.807, 2.05) is 43.3 Å². The lowest BCUT2D eigenvalue weighted by molar-refractivity contribution is 0.0954. The van der Waals surface area contributed by atoms with E-state index in [2.05, 4.69) is 20.9 Å². The van der Waals surface area contributed by atoms with Gasteiger partial charge in [-0.1, -0.05) is 23.8 Å². The van der Waals surface area contributed by atoms with Gasteiger partial charge in [-0.3, -0.25) is 9.79 Å². The molecule has 0 aromatic heterocycles. The second-order valence-electron chi connectivity index (χ2n) is 6.17. The quantitative estimate of drug-likeness (QED) is 0.369. The predicted octanol–water partition coefficient (Wildman–Crippen LogP) is 2.11. The van der Waals surface area contributed by atoms with Crippen LogP contribution < -0.4 is 25.4 Å². The number of aryl methyl sites for hydroxylation is 1. The van der Waals surface area contributed by atoms with Gasteiger partial charge in [0.15, 0.2) is 17.5 Å². The molecule has 2 rings (SSSR count). The number of amides is 1. The molecule has 0 aliphatic rings. The topological polar surface area (TPSA) is 84.0 Å². The summed E-state index contributed by atoms with van der Waals surface area (Å²) >= 11 is 0. The van der Waals surface area contributed by atoms with Gasteiger partial charge in [0.1, 0.15) is 0 Å². The minimum Gasteiger partial charge on any atom is -0.493 e. The first-order valence-corrected chi connectivity index (χ1v) is 9.07. The molecule has 0 aliphatic carbocycles. The van der Waals surface area contributed by atoms with E-state index in [0.717, 1.165) is 11.1 Å². The zero-order valence-electron chi connectivity index (χ0n) is 16.8. The van der Waals surface area contributed by atoms with Gasteiger partial charge in [-0.05, 0) is 36.8 Å². The maximum absolute atomic E-state index is 12.1. The molecule has 1 amide bonds. The smallest absolute Gasteiger partial charge is 0.251 e. The third kappa shape index (κ3) is 6.19. The van der Waals surface area contributed by atoms with Crippen molar-refractivity contribution in [3.05, 3.63) is 59.2 Å². The zero-order chi connectivity index (χ0) is 20.4. The van der Waals surface area contributed by atoms with Crippen LogP contribution in [0.15, 0.2) is 47.5 Å². The lowest BCUT2D eigenvalue weighted by Gasteiger charge is -2.14. The van der Waals surface area contributed by atoms with Crippen LogP contribution in [0.5, 0.6) is 11.5 Å². The molecule has 2 aromatic carbocycles. The van der Waals surface area contributed by atoms with Gasteiger partial charge in [0, 0.05) is 32.2 Å². The van der Waals surface area contributed by atoms with E-state index < -0.39 is 0 Å². The fourth-order valence-corrected chi connectivity index (χ4v) is 2.64. The number of benzene rings is 2. The highest BCUT2D eigenvalue weighted by Crippen LogP contribution is 2.27. The summed E-state index contributed by atoms with van der Waals surface area (Å²) in [4.78, 5) is 16.3. The van der Waals surface area contributed by atoms with Crippen molar-refractivity contribution >= 4 is 11.9 Å². The van der Waals surface area contributed by atoms with Crippen LogP contribution in [0.1, 0.15) is 21.5 Å². The number of nitrogens with one attached hydrogen (secondary N) is 3. The van der Waals surface area contributed by atoms with Gasteiger partial charge in [0.25, 0.3) is 5.91 Å². The number of hydrogen-bond donors (Lipinski definition) is 3. The van der Waals surface area contributed by atoms with Crippen LogP contribution >= 0.6 is 0 Å².